The fraction of sp³-hybridized carbons (Fsp3) is 0.562. The normalized spacial score (nSPS) is 24.5. The standard InChI is InChI=1S/C16H20N2OS/c1-2-19-15-7-16(20-10-15)11-18(12-16)9-14-6-4-3-5-13(14)8-17/h3-6,15H,2,7,9-12H2,1H3. The van der Waals surface area contributed by atoms with Crippen molar-refractivity contribution in [3.05, 3.63) is 35.4 Å². The summed E-state index contributed by atoms with van der Waals surface area (Å²) in [6, 6.07) is 10.2. The summed E-state index contributed by atoms with van der Waals surface area (Å²) in [5.74, 6) is 1.14. The lowest BCUT2D eigenvalue weighted by Gasteiger charge is -2.47. The van der Waals surface area contributed by atoms with E-state index in [9.17, 15) is 0 Å². The number of ether oxygens (including phenoxy) is 1. The van der Waals surface area contributed by atoms with Crippen LogP contribution in [-0.2, 0) is 11.3 Å². The highest BCUT2D eigenvalue weighted by atomic mass is 32.2. The van der Waals surface area contributed by atoms with Crippen LogP contribution in [0.25, 0.3) is 0 Å². The second-order valence-electron chi connectivity index (χ2n) is 5.69. The topological polar surface area (TPSA) is 36.3 Å². The highest BCUT2D eigenvalue weighted by Crippen LogP contribution is 2.46. The van der Waals surface area contributed by atoms with Gasteiger partial charge in [-0.25, -0.2) is 0 Å². The molecule has 2 heterocycles. The molecule has 2 aliphatic heterocycles. The Morgan fingerprint density at radius 2 is 2.25 bits per heavy atom. The van der Waals surface area contributed by atoms with Crippen molar-refractivity contribution in [1.82, 2.24) is 4.90 Å². The second kappa shape index (κ2) is 5.77. The first-order chi connectivity index (χ1) is 9.74. The van der Waals surface area contributed by atoms with Gasteiger partial charge in [-0.15, -0.1) is 11.8 Å². The fourth-order valence-corrected chi connectivity index (χ4v) is 4.86. The number of thioether (sulfide) groups is 1. The summed E-state index contributed by atoms with van der Waals surface area (Å²) in [4.78, 5) is 2.44. The smallest absolute Gasteiger partial charge is 0.0995 e. The van der Waals surface area contributed by atoms with Gasteiger partial charge in [0.05, 0.1) is 17.7 Å². The van der Waals surface area contributed by atoms with E-state index in [1.54, 1.807) is 0 Å². The first-order valence-corrected chi connectivity index (χ1v) is 8.19. The minimum absolute atomic E-state index is 0.418. The number of nitriles is 1. The van der Waals surface area contributed by atoms with E-state index < -0.39 is 0 Å². The van der Waals surface area contributed by atoms with Gasteiger partial charge in [-0.05, 0) is 25.0 Å². The molecular weight excluding hydrogens is 268 g/mol. The molecule has 0 N–H and O–H groups in total. The SMILES string of the molecule is CCOC1CSC2(C1)CN(Cc1ccccc1C#N)C2. The van der Waals surface area contributed by atoms with Crippen molar-refractivity contribution >= 4 is 11.8 Å². The van der Waals surface area contributed by atoms with Crippen molar-refractivity contribution in [3.8, 4) is 6.07 Å². The van der Waals surface area contributed by atoms with Crippen LogP contribution in [0.1, 0.15) is 24.5 Å². The Labute approximate surface area is 124 Å². The van der Waals surface area contributed by atoms with E-state index in [0.717, 1.165) is 43.1 Å². The zero-order valence-electron chi connectivity index (χ0n) is 11.8. The minimum atomic E-state index is 0.418. The molecular formula is C16H20N2OS. The Morgan fingerprint density at radius 3 is 3.00 bits per heavy atom. The number of nitrogens with zero attached hydrogens (tertiary/aromatic N) is 2. The summed E-state index contributed by atoms with van der Waals surface area (Å²) in [6.07, 6.45) is 1.63. The largest absolute Gasteiger partial charge is 0.378 e. The third-order valence-electron chi connectivity index (χ3n) is 4.13. The first-order valence-electron chi connectivity index (χ1n) is 7.20. The molecule has 20 heavy (non-hydrogen) atoms. The van der Waals surface area contributed by atoms with Gasteiger partial charge in [0.1, 0.15) is 0 Å². The van der Waals surface area contributed by atoms with Gasteiger partial charge in [0, 0.05) is 36.7 Å². The molecule has 0 amide bonds. The predicted molar refractivity (Wildman–Crippen MR) is 81.7 cm³/mol. The lowest BCUT2D eigenvalue weighted by atomic mass is 9.92. The molecule has 106 valence electrons. The van der Waals surface area contributed by atoms with E-state index in [0.29, 0.717) is 10.9 Å². The molecule has 0 aromatic heterocycles. The van der Waals surface area contributed by atoms with Gasteiger partial charge >= 0.3 is 0 Å². The maximum atomic E-state index is 9.13. The second-order valence-corrected chi connectivity index (χ2v) is 7.18. The Morgan fingerprint density at radius 1 is 1.45 bits per heavy atom. The first kappa shape index (κ1) is 13.9. The molecule has 4 heteroatoms. The van der Waals surface area contributed by atoms with Crippen molar-refractivity contribution in [3.63, 3.8) is 0 Å². The summed E-state index contributed by atoms with van der Waals surface area (Å²) in [6.45, 7) is 6.04. The van der Waals surface area contributed by atoms with Crippen LogP contribution in [0, 0.1) is 11.3 Å². The van der Waals surface area contributed by atoms with Gasteiger partial charge in [0.2, 0.25) is 0 Å². The Kier molecular flexibility index (Phi) is 4.02. The Balaban J connectivity index is 1.55. The van der Waals surface area contributed by atoms with Crippen LogP contribution in [0.5, 0.6) is 0 Å². The van der Waals surface area contributed by atoms with E-state index in [1.165, 1.54) is 6.42 Å². The van der Waals surface area contributed by atoms with E-state index in [1.807, 2.05) is 18.2 Å². The van der Waals surface area contributed by atoms with Crippen LogP contribution in [0.2, 0.25) is 0 Å². The molecule has 1 unspecified atom stereocenters. The maximum Gasteiger partial charge on any atom is 0.0995 e. The third kappa shape index (κ3) is 2.71. The summed E-state index contributed by atoms with van der Waals surface area (Å²) >= 11 is 2.07. The van der Waals surface area contributed by atoms with Crippen molar-refractivity contribution in [2.45, 2.75) is 30.7 Å². The number of benzene rings is 1. The molecule has 2 saturated heterocycles. The molecule has 1 aromatic carbocycles. The van der Waals surface area contributed by atoms with Gasteiger partial charge in [-0.1, -0.05) is 18.2 Å². The van der Waals surface area contributed by atoms with E-state index in [-0.39, 0.29) is 0 Å². The Hall–Kier alpha value is -1.02. The van der Waals surface area contributed by atoms with Crippen LogP contribution in [-0.4, -0.2) is 41.2 Å². The van der Waals surface area contributed by atoms with E-state index in [2.05, 4.69) is 35.7 Å². The lowest BCUT2D eigenvalue weighted by molar-refractivity contribution is 0.0417. The third-order valence-corrected chi connectivity index (χ3v) is 5.71. The summed E-state index contributed by atoms with van der Waals surface area (Å²) in [7, 11) is 0. The molecule has 0 saturated carbocycles. The van der Waals surface area contributed by atoms with E-state index >= 15 is 0 Å². The van der Waals surface area contributed by atoms with Crippen LogP contribution in [0.4, 0.5) is 0 Å². The maximum absolute atomic E-state index is 9.13. The summed E-state index contributed by atoms with van der Waals surface area (Å²) in [5.41, 5.74) is 1.95. The molecule has 1 spiro atoms. The molecule has 1 atom stereocenters. The van der Waals surface area contributed by atoms with Crippen LogP contribution in [0.15, 0.2) is 24.3 Å². The van der Waals surface area contributed by atoms with Gasteiger partial charge in [-0.3, -0.25) is 4.90 Å². The molecule has 0 radical (unpaired) electrons. The number of hydrogen-bond donors (Lipinski definition) is 0. The molecule has 1 aromatic rings. The molecule has 2 fully saturated rings. The molecule has 2 aliphatic rings. The molecule has 3 rings (SSSR count). The molecule has 0 bridgehead atoms. The van der Waals surface area contributed by atoms with Crippen molar-refractivity contribution < 1.29 is 4.74 Å². The molecule has 3 nitrogen and oxygen atoms in total. The quantitative estimate of drug-likeness (QED) is 0.853. The van der Waals surface area contributed by atoms with Gasteiger partial charge in [-0.2, -0.15) is 5.26 Å². The fourth-order valence-electron chi connectivity index (χ4n) is 3.25. The van der Waals surface area contributed by atoms with Crippen molar-refractivity contribution in [1.29, 1.82) is 5.26 Å². The predicted octanol–water partition coefficient (Wildman–Crippen LogP) is 2.65. The summed E-state index contributed by atoms with van der Waals surface area (Å²) in [5, 5.41) is 9.13. The number of rotatable bonds is 4. The average Bonchev–Trinajstić information content (AvgIpc) is 2.83. The minimum Gasteiger partial charge on any atom is -0.378 e. The Bertz CT molecular complexity index is 519. The summed E-state index contributed by atoms with van der Waals surface area (Å²) < 4.78 is 6.16. The highest BCUT2D eigenvalue weighted by Gasteiger charge is 2.49. The lowest BCUT2D eigenvalue weighted by Crippen LogP contribution is -2.58. The monoisotopic (exact) mass is 288 g/mol. The zero-order valence-corrected chi connectivity index (χ0v) is 12.7. The van der Waals surface area contributed by atoms with Gasteiger partial charge in [0.25, 0.3) is 0 Å². The average molecular weight is 288 g/mol. The van der Waals surface area contributed by atoms with E-state index in [4.69, 9.17) is 10.00 Å². The number of hydrogen-bond acceptors (Lipinski definition) is 4. The van der Waals surface area contributed by atoms with Crippen LogP contribution < -0.4 is 0 Å². The highest BCUT2D eigenvalue weighted by molar-refractivity contribution is 8.01. The van der Waals surface area contributed by atoms with Gasteiger partial charge < -0.3 is 4.74 Å². The van der Waals surface area contributed by atoms with Crippen LogP contribution in [0.3, 0.4) is 0 Å². The van der Waals surface area contributed by atoms with Gasteiger partial charge in [0.15, 0.2) is 0 Å². The van der Waals surface area contributed by atoms with Crippen molar-refractivity contribution in [2.75, 3.05) is 25.4 Å². The zero-order chi connectivity index (χ0) is 14.0. The van der Waals surface area contributed by atoms with Crippen LogP contribution >= 0.6 is 11.8 Å². The number of likely N-dealkylation sites (tertiary alicyclic amines) is 1. The van der Waals surface area contributed by atoms with Crippen molar-refractivity contribution in [2.24, 2.45) is 0 Å². The molecule has 0 aliphatic carbocycles.